The van der Waals surface area contributed by atoms with Gasteiger partial charge in [-0.3, -0.25) is 0 Å². The van der Waals surface area contributed by atoms with Gasteiger partial charge in [0.05, 0.1) is 7.11 Å². The number of hydrogen-bond donors (Lipinski definition) is 3. The zero-order valence-electron chi connectivity index (χ0n) is 19.1. The van der Waals surface area contributed by atoms with Gasteiger partial charge in [-0.25, -0.2) is 4.99 Å². The number of methoxy groups -OCH3 is 1. The van der Waals surface area contributed by atoms with Crippen molar-refractivity contribution >= 4 is 29.9 Å². The van der Waals surface area contributed by atoms with Gasteiger partial charge in [-0.05, 0) is 49.8 Å². The third kappa shape index (κ3) is 9.42. The molecule has 0 saturated heterocycles. The van der Waals surface area contributed by atoms with Gasteiger partial charge in [-0.1, -0.05) is 25.5 Å². The van der Waals surface area contributed by atoms with Crippen molar-refractivity contribution in [3.63, 3.8) is 0 Å². The van der Waals surface area contributed by atoms with Crippen LogP contribution in [-0.4, -0.2) is 52.6 Å². The lowest BCUT2D eigenvalue weighted by atomic mass is 10.0. The average molecular weight is 544 g/mol. The summed E-state index contributed by atoms with van der Waals surface area (Å²) in [5.74, 6) is 3.73. The molecule has 2 rings (SSSR count). The Balaban J connectivity index is 0.00000480. The Bertz CT molecular complexity index is 773. The van der Waals surface area contributed by atoms with E-state index in [1.165, 1.54) is 5.56 Å². The van der Waals surface area contributed by atoms with Crippen LogP contribution >= 0.6 is 24.0 Å². The molecule has 0 fully saturated rings. The highest BCUT2D eigenvalue weighted by Gasteiger charge is 2.10. The zero-order chi connectivity index (χ0) is 21.8. The van der Waals surface area contributed by atoms with Crippen LogP contribution in [0.1, 0.15) is 43.4 Å². The standard InChI is InChI=1S/C22H36N6O2.HI/c1-5-6-19(12-14-29)15-24-22(25-16-21-27-26-17(2)28(21)3)23-13-11-18-7-9-20(30-4)10-8-18;/h7-10,19,29H,5-6,11-16H2,1-4H3,(H2,23,24,25);1H. The Kier molecular flexibility index (Phi) is 13.1. The summed E-state index contributed by atoms with van der Waals surface area (Å²) in [6, 6.07) is 8.10. The monoisotopic (exact) mass is 544 g/mol. The molecule has 1 unspecified atom stereocenters. The van der Waals surface area contributed by atoms with Crippen LogP contribution in [0.2, 0.25) is 0 Å². The zero-order valence-corrected chi connectivity index (χ0v) is 21.4. The molecule has 31 heavy (non-hydrogen) atoms. The highest BCUT2D eigenvalue weighted by atomic mass is 127. The van der Waals surface area contributed by atoms with E-state index in [9.17, 15) is 5.11 Å². The summed E-state index contributed by atoms with van der Waals surface area (Å²) in [6.07, 6.45) is 3.85. The summed E-state index contributed by atoms with van der Waals surface area (Å²) in [5, 5.41) is 24.5. The maximum Gasteiger partial charge on any atom is 0.191 e. The SMILES string of the molecule is CCCC(CCO)CNC(=NCc1nnc(C)n1C)NCCc1ccc(OC)cc1.I. The molecule has 8 nitrogen and oxygen atoms in total. The first-order valence-electron chi connectivity index (χ1n) is 10.7. The van der Waals surface area contributed by atoms with Gasteiger partial charge in [-0.2, -0.15) is 0 Å². The van der Waals surface area contributed by atoms with Crippen molar-refractivity contribution in [1.29, 1.82) is 0 Å². The van der Waals surface area contributed by atoms with Crippen molar-refractivity contribution in [2.45, 2.75) is 46.1 Å². The maximum absolute atomic E-state index is 9.32. The van der Waals surface area contributed by atoms with Gasteiger partial charge in [0.15, 0.2) is 11.8 Å². The molecular weight excluding hydrogens is 507 g/mol. The number of aromatic nitrogens is 3. The Morgan fingerprint density at radius 2 is 1.94 bits per heavy atom. The van der Waals surface area contributed by atoms with E-state index in [0.29, 0.717) is 12.5 Å². The molecule has 2 aromatic rings. The normalized spacial score (nSPS) is 12.2. The van der Waals surface area contributed by atoms with Crippen LogP contribution in [-0.2, 0) is 20.0 Å². The van der Waals surface area contributed by atoms with Crippen molar-refractivity contribution in [2.75, 3.05) is 26.8 Å². The van der Waals surface area contributed by atoms with Gasteiger partial charge in [0, 0.05) is 26.7 Å². The molecule has 1 atom stereocenters. The van der Waals surface area contributed by atoms with Crippen LogP contribution in [0.15, 0.2) is 29.3 Å². The van der Waals surface area contributed by atoms with E-state index in [4.69, 9.17) is 9.73 Å². The number of ether oxygens (including phenoxy) is 1. The lowest BCUT2D eigenvalue weighted by Crippen LogP contribution is -2.41. The largest absolute Gasteiger partial charge is 0.497 e. The summed E-state index contributed by atoms with van der Waals surface area (Å²) >= 11 is 0. The van der Waals surface area contributed by atoms with Crippen molar-refractivity contribution in [2.24, 2.45) is 18.0 Å². The number of aryl methyl sites for hydroxylation is 1. The highest BCUT2D eigenvalue weighted by Crippen LogP contribution is 2.11. The molecule has 1 aromatic carbocycles. The van der Waals surface area contributed by atoms with E-state index < -0.39 is 0 Å². The molecule has 0 spiro atoms. The van der Waals surface area contributed by atoms with Gasteiger partial charge in [-0.15, -0.1) is 34.2 Å². The minimum atomic E-state index is 0. The lowest BCUT2D eigenvalue weighted by Gasteiger charge is -2.18. The molecule has 0 aliphatic heterocycles. The number of halogens is 1. The van der Waals surface area contributed by atoms with Crippen LogP contribution in [0.25, 0.3) is 0 Å². The smallest absolute Gasteiger partial charge is 0.191 e. The van der Waals surface area contributed by atoms with Crippen LogP contribution in [0.4, 0.5) is 0 Å². The maximum atomic E-state index is 9.32. The molecule has 0 aliphatic rings. The van der Waals surface area contributed by atoms with Crippen molar-refractivity contribution in [1.82, 2.24) is 25.4 Å². The number of aliphatic hydroxyl groups excluding tert-OH is 1. The Morgan fingerprint density at radius 3 is 2.52 bits per heavy atom. The summed E-state index contributed by atoms with van der Waals surface area (Å²) < 4.78 is 7.16. The van der Waals surface area contributed by atoms with E-state index in [1.54, 1.807) is 7.11 Å². The molecule has 9 heteroatoms. The predicted octanol–water partition coefficient (Wildman–Crippen LogP) is 2.83. The van der Waals surface area contributed by atoms with Gasteiger partial charge < -0.3 is 25.0 Å². The highest BCUT2D eigenvalue weighted by molar-refractivity contribution is 14.0. The van der Waals surface area contributed by atoms with Crippen LogP contribution < -0.4 is 15.4 Å². The molecular formula is C22H37IN6O2. The number of hydrogen-bond acceptors (Lipinski definition) is 5. The number of aliphatic hydroxyl groups is 1. The van der Waals surface area contributed by atoms with Crippen LogP contribution in [0.3, 0.4) is 0 Å². The second-order valence-electron chi connectivity index (χ2n) is 7.46. The summed E-state index contributed by atoms with van der Waals surface area (Å²) in [5.41, 5.74) is 1.23. The Hall–Kier alpha value is -1.88. The molecule has 0 bridgehead atoms. The average Bonchev–Trinajstić information content (AvgIpc) is 3.08. The lowest BCUT2D eigenvalue weighted by molar-refractivity contribution is 0.251. The fraction of sp³-hybridized carbons (Fsp3) is 0.591. The van der Waals surface area contributed by atoms with Crippen LogP contribution in [0, 0.1) is 12.8 Å². The van der Waals surface area contributed by atoms with Crippen molar-refractivity contribution in [3.8, 4) is 5.75 Å². The summed E-state index contributed by atoms with van der Waals surface area (Å²) in [7, 11) is 3.62. The van der Waals surface area contributed by atoms with E-state index in [1.807, 2.05) is 30.7 Å². The molecule has 0 saturated carbocycles. The predicted molar refractivity (Wildman–Crippen MR) is 135 cm³/mol. The number of benzene rings is 1. The third-order valence-corrected chi connectivity index (χ3v) is 5.22. The van der Waals surface area contributed by atoms with E-state index in [2.05, 4.69) is 39.9 Å². The van der Waals surface area contributed by atoms with E-state index in [0.717, 1.165) is 62.1 Å². The van der Waals surface area contributed by atoms with Crippen molar-refractivity contribution < 1.29 is 9.84 Å². The molecule has 1 aromatic heterocycles. The van der Waals surface area contributed by atoms with Gasteiger partial charge in [0.1, 0.15) is 18.1 Å². The molecule has 1 heterocycles. The number of guanidine groups is 1. The molecule has 0 aliphatic carbocycles. The van der Waals surface area contributed by atoms with Gasteiger partial charge in [0.2, 0.25) is 0 Å². The minimum Gasteiger partial charge on any atom is -0.497 e. The topological polar surface area (TPSA) is 96.6 Å². The van der Waals surface area contributed by atoms with Crippen LogP contribution in [0.5, 0.6) is 5.75 Å². The first-order chi connectivity index (χ1) is 14.6. The second kappa shape index (κ2) is 15.0. The third-order valence-electron chi connectivity index (χ3n) is 5.22. The van der Waals surface area contributed by atoms with Gasteiger partial charge in [0.25, 0.3) is 0 Å². The van der Waals surface area contributed by atoms with E-state index >= 15 is 0 Å². The molecule has 0 radical (unpaired) electrons. The van der Waals surface area contributed by atoms with Crippen molar-refractivity contribution in [3.05, 3.63) is 41.5 Å². The quantitative estimate of drug-likeness (QED) is 0.216. The fourth-order valence-electron chi connectivity index (χ4n) is 3.21. The Labute approximate surface area is 202 Å². The number of nitrogens with one attached hydrogen (secondary N) is 2. The molecule has 3 N–H and O–H groups in total. The summed E-state index contributed by atoms with van der Waals surface area (Å²) in [4.78, 5) is 4.71. The number of aliphatic imine (C=N–C) groups is 1. The first-order valence-corrected chi connectivity index (χ1v) is 10.7. The van der Waals surface area contributed by atoms with E-state index in [-0.39, 0.29) is 30.6 Å². The second-order valence-corrected chi connectivity index (χ2v) is 7.46. The molecule has 0 amide bonds. The fourth-order valence-corrected chi connectivity index (χ4v) is 3.21. The number of rotatable bonds is 12. The molecule has 174 valence electrons. The Morgan fingerprint density at radius 1 is 1.19 bits per heavy atom. The number of nitrogens with zero attached hydrogens (tertiary/aromatic N) is 4. The first kappa shape index (κ1) is 27.2. The minimum absolute atomic E-state index is 0. The summed E-state index contributed by atoms with van der Waals surface area (Å²) in [6.45, 7) is 6.30. The van der Waals surface area contributed by atoms with Gasteiger partial charge >= 0.3 is 0 Å².